The van der Waals surface area contributed by atoms with Gasteiger partial charge in [0.15, 0.2) is 0 Å². The van der Waals surface area contributed by atoms with Crippen molar-refractivity contribution in [2.75, 3.05) is 5.73 Å². The first-order chi connectivity index (χ1) is 5.83. The monoisotopic (exact) mass is 159 g/mol. The van der Waals surface area contributed by atoms with E-state index in [1.54, 1.807) is 6.20 Å². The Hall–Kier alpha value is -2.09. The summed E-state index contributed by atoms with van der Waals surface area (Å²) in [5.41, 5.74) is 6.63. The van der Waals surface area contributed by atoms with Crippen molar-refractivity contribution < 1.29 is 0 Å². The van der Waals surface area contributed by atoms with Crippen LogP contribution in [0.2, 0.25) is 0 Å². The Morgan fingerprint density at radius 1 is 1.50 bits per heavy atom. The van der Waals surface area contributed by atoms with Crippen LogP contribution >= 0.6 is 0 Å². The molecule has 0 saturated heterocycles. The molecule has 0 radical (unpaired) electrons. The first-order valence-electron chi connectivity index (χ1n) is 3.30. The van der Waals surface area contributed by atoms with E-state index in [2.05, 4.69) is 15.0 Å². The molecule has 2 aromatic rings. The number of nitrogen functional groups attached to an aromatic ring is 1. The zero-order valence-electron chi connectivity index (χ0n) is 6.07. The molecule has 0 amide bonds. The van der Waals surface area contributed by atoms with E-state index in [0.29, 0.717) is 22.4 Å². The number of rotatable bonds is 0. The first-order valence-corrected chi connectivity index (χ1v) is 3.30. The van der Waals surface area contributed by atoms with Crippen LogP contribution in [0.5, 0.6) is 0 Å². The molecular formula is C7H5N5. The molecule has 0 saturated carbocycles. The zero-order chi connectivity index (χ0) is 8.55. The van der Waals surface area contributed by atoms with Crippen LogP contribution in [0.3, 0.4) is 0 Å². The summed E-state index contributed by atoms with van der Waals surface area (Å²) >= 11 is 0. The summed E-state index contributed by atoms with van der Waals surface area (Å²) in [5.74, 6) is 0.331. The number of hydrogen-bond acceptors (Lipinski definition) is 4. The smallest absolute Gasteiger partial charge is 0.144 e. The minimum atomic E-state index is 0.331. The lowest BCUT2D eigenvalue weighted by atomic mass is 10.2. The van der Waals surface area contributed by atoms with Crippen molar-refractivity contribution in [2.24, 2.45) is 0 Å². The molecular weight excluding hydrogens is 154 g/mol. The van der Waals surface area contributed by atoms with Crippen LogP contribution in [0.1, 0.15) is 5.56 Å². The number of nitriles is 1. The molecule has 2 rings (SSSR count). The number of hydrogen-bond donors (Lipinski definition) is 2. The van der Waals surface area contributed by atoms with Crippen molar-refractivity contribution in [3.05, 3.63) is 18.1 Å². The number of nitrogens with two attached hydrogens (primary N) is 1. The van der Waals surface area contributed by atoms with Crippen LogP contribution in [0.25, 0.3) is 11.0 Å². The molecule has 5 nitrogen and oxygen atoms in total. The number of aromatic amines is 1. The fourth-order valence-corrected chi connectivity index (χ4v) is 1.08. The summed E-state index contributed by atoms with van der Waals surface area (Å²) in [6.07, 6.45) is 2.92. The van der Waals surface area contributed by atoms with E-state index in [1.165, 1.54) is 6.33 Å². The summed E-state index contributed by atoms with van der Waals surface area (Å²) in [6, 6.07) is 2.00. The Kier molecular flexibility index (Phi) is 1.21. The van der Waals surface area contributed by atoms with Gasteiger partial charge in [-0.05, 0) is 0 Å². The molecule has 0 bridgehead atoms. The maximum Gasteiger partial charge on any atom is 0.144 e. The Morgan fingerprint density at radius 3 is 3.08 bits per heavy atom. The van der Waals surface area contributed by atoms with Gasteiger partial charge in [-0.25, -0.2) is 9.97 Å². The van der Waals surface area contributed by atoms with Crippen molar-refractivity contribution >= 4 is 16.9 Å². The molecule has 0 atom stereocenters. The largest absolute Gasteiger partial charge is 0.383 e. The van der Waals surface area contributed by atoms with Gasteiger partial charge in [0.05, 0.1) is 10.9 Å². The van der Waals surface area contributed by atoms with Gasteiger partial charge in [0, 0.05) is 6.20 Å². The lowest BCUT2D eigenvalue weighted by Crippen LogP contribution is -1.92. The lowest BCUT2D eigenvalue weighted by molar-refractivity contribution is 1.21. The molecule has 58 valence electrons. The summed E-state index contributed by atoms with van der Waals surface area (Å²) < 4.78 is 0. The Balaban J connectivity index is 2.95. The van der Waals surface area contributed by atoms with Gasteiger partial charge >= 0.3 is 0 Å². The second kappa shape index (κ2) is 2.20. The van der Waals surface area contributed by atoms with Gasteiger partial charge in [-0.2, -0.15) is 5.26 Å². The van der Waals surface area contributed by atoms with Gasteiger partial charge in [0.2, 0.25) is 0 Å². The van der Waals surface area contributed by atoms with Crippen molar-refractivity contribution in [3.63, 3.8) is 0 Å². The average molecular weight is 159 g/mol. The summed E-state index contributed by atoms with van der Waals surface area (Å²) in [6.45, 7) is 0. The number of fused-ring (bicyclic) bond motifs is 1. The summed E-state index contributed by atoms with van der Waals surface area (Å²) in [5, 5.41) is 9.27. The third kappa shape index (κ3) is 0.720. The van der Waals surface area contributed by atoms with Gasteiger partial charge in [-0.15, -0.1) is 0 Å². The van der Waals surface area contributed by atoms with E-state index in [4.69, 9.17) is 11.0 Å². The maximum absolute atomic E-state index is 8.67. The van der Waals surface area contributed by atoms with E-state index >= 15 is 0 Å². The van der Waals surface area contributed by atoms with E-state index in [1.807, 2.05) is 6.07 Å². The minimum absolute atomic E-state index is 0.331. The molecule has 0 aliphatic heterocycles. The Labute approximate surface area is 67.9 Å². The van der Waals surface area contributed by atoms with Crippen LogP contribution in [-0.4, -0.2) is 15.0 Å². The predicted molar refractivity (Wildman–Crippen MR) is 43.0 cm³/mol. The van der Waals surface area contributed by atoms with Crippen molar-refractivity contribution in [3.8, 4) is 6.07 Å². The second-order valence-electron chi connectivity index (χ2n) is 2.30. The molecule has 0 unspecified atom stereocenters. The highest BCUT2D eigenvalue weighted by Crippen LogP contribution is 2.19. The quantitative estimate of drug-likeness (QED) is 0.582. The van der Waals surface area contributed by atoms with Crippen molar-refractivity contribution in [1.82, 2.24) is 15.0 Å². The Morgan fingerprint density at radius 2 is 2.33 bits per heavy atom. The van der Waals surface area contributed by atoms with Crippen LogP contribution in [0, 0.1) is 11.3 Å². The van der Waals surface area contributed by atoms with Crippen LogP contribution in [0.15, 0.2) is 12.5 Å². The van der Waals surface area contributed by atoms with Gasteiger partial charge in [0.25, 0.3) is 0 Å². The van der Waals surface area contributed by atoms with Gasteiger partial charge in [0.1, 0.15) is 23.9 Å². The molecule has 5 heteroatoms. The van der Waals surface area contributed by atoms with Crippen LogP contribution in [-0.2, 0) is 0 Å². The second-order valence-corrected chi connectivity index (χ2v) is 2.30. The first kappa shape index (κ1) is 6.61. The predicted octanol–water partition coefficient (Wildman–Crippen LogP) is 0.412. The average Bonchev–Trinajstić information content (AvgIpc) is 2.49. The number of nitrogens with zero attached hydrogens (tertiary/aromatic N) is 3. The number of aromatic nitrogens is 3. The van der Waals surface area contributed by atoms with Crippen LogP contribution < -0.4 is 5.73 Å². The molecule has 2 aromatic heterocycles. The summed E-state index contributed by atoms with van der Waals surface area (Å²) in [4.78, 5) is 10.5. The third-order valence-corrected chi connectivity index (χ3v) is 1.62. The lowest BCUT2D eigenvalue weighted by Gasteiger charge is -1.92. The highest BCUT2D eigenvalue weighted by molar-refractivity contribution is 5.91. The van der Waals surface area contributed by atoms with Gasteiger partial charge in [-0.1, -0.05) is 0 Å². The van der Waals surface area contributed by atoms with Gasteiger partial charge < -0.3 is 10.7 Å². The van der Waals surface area contributed by atoms with Crippen molar-refractivity contribution in [2.45, 2.75) is 0 Å². The van der Waals surface area contributed by atoms with E-state index in [-0.39, 0.29) is 0 Å². The zero-order valence-corrected chi connectivity index (χ0v) is 6.07. The van der Waals surface area contributed by atoms with E-state index in [0.717, 1.165) is 0 Å². The normalized spacial score (nSPS) is 9.92. The SMILES string of the molecule is N#Cc1c[nH]c2ncnc(N)c12. The standard InChI is InChI=1S/C7H5N5/c8-1-4-2-10-7-5(4)6(9)11-3-12-7/h2-3H,(H3,9,10,11,12). The van der Waals surface area contributed by atoms with E-state index in [9.17, 15) is 0 Å². The Bertz CT molecular complexity index is 464. The third-order valence-electron chi connectivity index (χ3n) is 1.62. The molecule has 0 aromatic carbocycles. The fourth-order valence-electron chi connectivity index (χ4n) is 1.08. The molecule has 0 aliphatic carbocycles. The molecule has 0 aliphatic rings. The molecule has 0 spiro atoms. The van der Waals surface area contributed by atoms with Crippen molar-refractivity contribution in [1.29, 1.82) is 5.26 Å². The maximum atomic E-state index is 8.67. The highest BCUT2D eigenvalue weighted by Gasteiger charge is 2.06. The summed E-state index contributed by atoms with van der Waals surface area (Å²) in [7, 11) is 0. The minimum Gasteiger partial charge on any atom is -0.383 e. The fraction of sp³-hybridized carbons (Fsp3) is 0. The number of nitrogens with one attached hydrogen (secondary N) is 1. The number of anilines is 1. The number of H-pyrrole nitrogens is 1. The molecule has 12 heavy (non-hydrogen) atoms. The van der Waals surface area contributed by atoms with E-state index < -0.39 is 0 Å². The molecule has 2 heterocycles. The molecule has 3 N–H and O–H groups in total. The molecule has 0 fully saturated rings. The van der Waals surface area contributed by atoms with Gasteiger partial charge in [-0.3, -0.25) is 0 Å². The highest BCUT2D eigenvalue weighted by atomic mass is 15.0. The van der Waals surface area contributed by atoms with Crippen LogP contribution in [0.4, 0.5) is 5.82 Å². The topological polar surface area (TPSA) is 91.4 Å².